The van der Waals surface area contributed by atoms with E-state index in [9.17, 15) is 4.79 Å². The Morgan fingerprint density at radius 1 is 1.11 bits per heavy atom. The number of nitrogens with zero attached hydrogens (tertiary/aromatic N) is 1. The van der Waals surface area contributed by atoms with Crippen molar-refractivity contribution in [2.24, 2.45) is 0 Å². The lowest BCUT2D eigenvalue weighted by Crippen LogP contribution is -2.12. The monoisotopic (exact) mass is 348 g/mol. The number of nitriles is 1. The van der Waals surface area contributed by atoms with Gasteiger partial charge in [0.15, 0.2) is 0 Å². The van der Waals surface area contributed by atoms with Crippen LogP contribution in [0.2, 0.25) is 0 Å². The summed E-state index contributed by atoms with van der Waals surface area (Å²) in [5, 5.41) is 11.7. The lowest BCUT2D eigenvalue weighted by molar-refractivity contribution is 0.102. The maximum atomic E-state index is 12.0. The summed E-state index contributed by atoms with van der Waals surface area (Å²) in [6.07, 6.45) is 0. The predicted octanol–water partition coefficient (Wildman–Crippen LogP) is 3.42. The first-order valence-corrected chi connectivity index (χ1v) is 6.34. The molecule has 0 unspecified atom stereocenters. The van der Waals surface area contributed by atoms with Crippen molar-refractivity contribution in [2.75, 3.05) is 5.32 Å². The van der Waals surface area contributed by atoms with Gasteiger partial charge in [-0.2, -0.15) is 5.26 Å². The molecule has 4 heteroatoms. The van der Waals surface area contributed by atoms with E-state index in [1.54, 1.807) is 36.4 Å². The molecular weight excluding hydrogens is 339 g/mol. The summed E-state index contributed by atoms with van der Waals surface area (Å²) in [5.41, 5.74) is 1.56. The van der Waals surface area contributed by atoms with E-state index < -0.39 is 0 Å². The second kappa shape index (κ2) is 5.65. The van der Waals surface area contributed by atoms with E-state index in [4.69, 9.17) is 5.26 Å². The molecule has 0 saturated carbocycles. The van der Waals surface area contributed by atoms with Crippen LogP contribution in [0.4, 0.5) is 5.69 Å². The Bertz CT molecular complexity index is 614. The van der Waals surface area contributed by atoms with Gasteiger partial charge in [0, 0.05) is 9.13 Å². The number of halogens is 1. The van der Waals surface area contributed by atoms with Crippen molar-refractivity contribution in [3.05, 3.63) is 63.2 Å². The molecule has 88 valence electrons. The molecule has 0 aromatic heterocycles. The molecule has 2 aromatic carbocycles. The third-order valence-electron chi connectivity index (χ3n) is 2.40. The summed E-state index contributed by atoms with van der Waals surface area (Å²) >= 11 is 2.18. The van der Waals surface area contributed by atoms with Crippen molar-refractivity contribution in [2.45, 2.75) is 0 Å². The average Bonchev–Trinajstić information content (AvgIpc) is 2.40. The van der Waals surface area contributed by atoms with Crippen molar-refractivity contribution in [3.63, 3.8) is 0 Å². The average molecular weight is 348 g/mol. The number of rotatable bonds is 2. The van der Waals surface area contributed by atoms with Gasteiger partial charge in [-0.15, -0.1) is 0 Å². The Morgan fingerprint density at radius 3 is 2.44 bits per heavy atom. The summed E-state index contributed by atoms with van der Waals surface area (Å²) in [4.78, 5) is 12.0. The minimum atomic E-state index is -0.214. The fourth-order valence-corrected chi connectivity index (χ4v) is 1.84. The molecule has 0 fully saturated rings. The number of anilines is 1. The summed E-state index contributed by atoms with van der Waals surface area (Å²) in [6.45, 7) is 0. The van der Waals surface area contributed by atoms with Crippen LogP contribution in [0, 0.1) is 14.9 Å². The van der Waals surface area contributed by atoms with Crippen LogP contribution in [0.1, 0.15) is 15.9 Å². The maximum Gasteiger partial charge on any atom is 0.255 e. The van der Waals surface area contributed by atoms with Crippen LogP contribution in [0.3, 0.4) is 0 Å². The van der Waals surface area contributed by atoms with Crippen LogP contribution in [0.25, 0.3) is 0 Å². The van der Waals surface area contributed by atoms with Crippen LogP contribution in [-0.4, -0.2) is 5.91 Å². The molecule has 18 heavy (non-hydrogen) atoms. The lowest BCUT2D eigenvalue weighted by atomic mass is 10.1. The van der Waals surface area contributed by atoms with E-state index in [2.05, 4.69) is 27.9 Å². The molecule has 0 atom stereocenters. The van der Waals surface area contributed by atoms with E-state index in [1.807, 2.05) is 18.2 Å². The van der Waals surface area contributed by atoms with E-state index in [0.29, 0.717) is 16.8 Å². The molecule has 2 aromatic rings. The van der Waals surface area contributed by atoms with Gasteiger partial charge < -0.3 is 5.32 Å². The summed E-state index contributed by atoms with van der Waals surface area (Å²) < 4.78 is 1.07. The molecule has 1 amide bonds. The van der Waals surface area contributed by atoms with E-state index >= 15 is 0 Å². The molecule has 0 saturated heterocycles. The number of hydrogen-bond donors (Lipinski definition) is 1. The van der Waals surface area contributed by atoms with Crippen molar-refractivity contribution in [1.29, 1.82) is 5.26 Å². The van der Waals surface area contributed by atoms with Gasteiger partial charge in [0.2, 0.25) is 0 Å². The van der Waals surface area contributed by atoms with Gasteiger partial charge in [0.1, 0.15) is 6.07 Å². The molecule has 0 aliphatic carbocycles. The summed E-state index contributed by atoms with van der Waals surface area (Å²) in [7, 11) is 0. The molecule has 0 radical (unpaired) electrons. The molecule has 0 heterocycles. The van der Waals surface area contributed by atoms with Gasteiger partial charge in [-0.05, 0) is 59.0 Å². The number of carbonyl (C=O) groups is 1. The van der Waals surface area contributed by atoms with Gasteiger partial charge in [0.25, 0.3) is 5.91 Å². The fraction of sp³-hybridized carbons (Fsp3) is 0. The van der Waals surface area contributed by atoms with Crippen molar-refractivity contribution >= 4 is 34.2 Å². The zero-order valence-corrected chi connectivity index (χ0v) is 11.5. The van der Waals surface area contributed by atoms with Crippen molar-refractivity contribution in [3.8, 4) is 6.07 Å². The van der Waals surface area contributed by atoms with Crippen LogP contribution in [0.5, 0.6) is 0 Å². The number of benzene rings is 2. The van der Waals surface area contributed by atoms with Crippen LogP contribution in [-0.2, 0) is 0 Å². The highest BCUT2D eigenvalue weighted by atomic mass is 127. The highest BCUT2D eigenvalue weighted by molar-refractivity contribution is 14.1. The molecule has 0 bridgehead atoms. The largest absolute Gasteiger partial charge is 0.321 e. The first kappa shape index (κ1) is 12.6. The molecule has 1 N–H and O–H groups in total. The Kier molecular flexibility index (Phi) is 3.95. The van der Waals surface area contributed by atoms with Crippen molar-refractivity contribution in [1.82, 2.24) is 0 Å². The minimum Gasteiger partial charge on any atom is -0.321 e. The summed E-state index contributed by atoms with van der Waals surface area (Å²) in [5.74, 6) is -0.214. The van der Waals surface area contributed by atoms with E-state index in [0.717, 1.165) is 3.57 Å². The zero-order chi connectivity index (χ0) is 13.0. The third-order valence-corrected chi connectivity index (χ3v) is 3.12. The minimum absolute atomic E-state index is 0.214. The second-order valence-corrected chi connectivity index (χ2v) is 4.86. The van der Waals surface area contributed by atoms with Gasteiger partial charge in [0.05, 0.1) is 11.3 Å². The quantitative estimate of drug-likeness (QED) is 0.846. The fourth-order valence-electron chi connectivity index (χ4n) is 1.49. The zero-order valence-electron chi connectivity index (χ0n) is 9.35. The van der Waals surface area contributed by atoms with Gasteiger partial charge in [-0.1, -0.05) is 12.1 Å². The van der Waals surface area contributed by atoms with E-state index in [1.165, 1.54) is 0 Å². The van der Waals surface area contributed by atoms with Crippen molar-refractivity contribution < 1.29 is 4.79 Å². The topological polar surface area (TPSA) is 52.9 Å². The number of carbonyl (C=O) groups excluding carboxylic acids is 1. The van der Waals surface area contributed by atoms with Gasteiger partial charge in [-0.3, -0.25) is 4.79 Å². The van der Waals surface area contributed by atoms with Crippen LogP contribution >= 0.6 is 22.6 Å². The molecule has 2 rings (SSSR count). The smallest absolute Gasteiger partial charge is 0.255 e. The molecule has 0 aliphatic heterocycles. The molecule has 0 spiro atoms. The maximum absolute atomic E-state index is 12.0. The SMILES string of the molecule is N#Cc1ccccc1NC(=O)c1ccc(I)cc1. The van der Waals surface area contributed by atoms with E-state index in [-0.39, 0.29) is 5.91 Å². The number of nitrogens with one attached hydrogen (secondary N) is 1. The van der Waals surface area contributed by atoms with Gasteiger partial charge >= 0.3 is 0 Å². The number of hydrogen-bond acceptors (Lipinski definition) is 2. The molecule has 0 aliphatic rings. The standard InChI is InChI=1S/C14H9IN2O/c15-12-7-5-10(6-8-12)14(18)17-13-4-2-1-3-11(13)9-16/h1-8H,(H,17,18). The Morgan fingerprint density at radius 2 is 1.78 bits per heavy atom. The number of amides is 1. The second-order valence-electron chi connectivity index (χ2n) is 3.62. The predicted molar refractivity (Wildman–Crippen MR) is 78.3 cm³/mol. The van der Waals surface area contributed by atoms with Gasteiger partial charge in [-0.25, -0.2) is 0 Å². The van der Waals surface area contributed by atoms with Crippen LogP contribution in [0.15, 0.2) is 48.5 Å². The molecular formula is C14H9IN2O. The third kappa shape index (κ3) is 2.87. The highest BCUT2D eigenvalue weighted by Crippen LogP contribution is 2.15. The normalized spacial score (nSPS) is 9.56. The highest BCUT2D eigenvalue weighted by Gasteiger charge is 2.08. The lowest BCUT2D eigenvalue weighted by Gasteiger charge is -2.06. The molecule has 3 nitrogen and oxygen atoms in total. The first-order valence-electron chi connectivity index (χ1n) is 5.27. The Balaban J connectivity index is 2.22. The van der Waals surface area contributed by atoms with Crippen LogP contribution < -0.4 is 5.32 Å². The Hall–Kier alpha value is -1.87. The Labute approximate surface area is 119 Å². The summed E-state index contributed by atoms with van der Waals surface area (Å²) in [6, 6.07) is 16.2. The first-order chi connectivity index (χ1) is 8.70. The number of para-hydroxylation sites is 1.